The van der Waals surface area contributed by atoms with Gasteiger partial charge in [-0.05, 0) is 54.6 Å². The van der Waals surface area contributed by atoms with E-state index in [1.54, 1.807) is 0 Å². The van der Waals surface area contributed by atoms with Gasteiger partial charge >= 0.3 is 0 Å². The summed E-state index contributed by atoms with van der Waals surface area (Å²) in [7, 11) is 0. The molecule has 7 heterocycles. The number of rotatable bonds is 4. The summed E-state index contributed by atoms with van der Waals surface area (Å²) in [6.45, 7) is 0.444. The molecule has 1 unspecified atom stereocenters. The molecule has 3 aromatic carbocycles. The average Bonchev–Trinajstić information content (AvgIpc) is 3.91. The summed E-state index contributed by atoms with van der Waals surface area (Å²) in [6, 6.07) is 19.3. The second-order valence-corrected chi connectivity index (χ2v) is 11.7. The van der Waals surface area contributed by atoms with Gasteiger partial charge in [0.25, 0.3) is 0 Å². The standard InChI is InChI=1S/C33H26N14/c34-19-7-9-21(44-11-1-3-23(44)36)27-25(19)18(13-38-27)26-16-5-6-17-29(16)47-32(42-26)39-14-40-33(47)43-31(17)46-15-41-28-22(10-8-20(35)30(28)46)45-12-2-4-24(45)37/h1-14,18,41H,15,34-37H2. The topological polar surface area (TPSA) is 198 Å². The van der Waals surface area contributed by atoms with E-state index in [0.29, 0.717) is 47.1 Å². The van der Waals surface area contributed by atoms with Gasteiger partial charge in [0, 0.05) is 40.6 Å². The van der Waals surface area contributed by atoms with Crippen LogP contribution in [0.5, 0.6) is 0 Å². The number of anilines is 7. The number of nitrogens with two attached hydrogens (primary N) is 4. The zero-order chi connectivity index (χ0) is 31.6. The minimum Gasteiger partial charge on any atom is -0.398 e. The molecule has 0 radical (unpaired) electrons. The molecule has 1 atom stereocenters. The Morgan fingerprint density at radius 2 is 1.45 bits per heavy atom. The van der Waals surface area contributed by atoms with Crippen LogP contribution in [0.3, 0.4) is 0 Å². The van der Waals surface area contributed by atoms with Crippen molar-refractivity contribution in [3.8, 4) is 11.4 Å². The molecule has 228 valence electrons. The highest BCUT2D eigenvalue weighted by atomic mass is 15.3. The van der Waals surface area contributed by atoms with Crippen LogP contribution in [0, 0.1) is 0 Å². The molecular weight excluding hydrogens is 592 g/mol. The Kier molecular flexibility index (Phi) is 4.82. The van der Waals surface area contributed by atoms with E-state index in [1.807, 2.05) is 80.7 Å². The monoisotopic (exact) mass is 618 g/mol. The highest BCUT2D eigenvalue weighted by molar-refractivity contribution is 6.10. The molecular formula is C33H26N14. The van der Waals surface area contributed by atoms with Crippen LogP contribution in [0.15, 0.2) is 84.4 Å². The Labute approximate surface area is 265 Å². The van der Waals surface area contributed by atoms with Crippen LogP contribution in [0.4, 0.5) is 45.9 Å². The number of aromatic nitrogens is 7. The fourth-order valence-corrected chi connectivity index (χ4v) is 7.17. The lowest BCUT2D eigenvalue weighted by molar-refractivity contribution is 0.965. The summed E-state index contributed by atoms with van der Waals surface area (Å²) >= 11 is 0. The predicted octanol–water partition coefficient (Wildman–Crippen LogP) is 4.54. The molecule has 14 nitrogen and oxygen atoms in total. The molecule has 9 N–H and O–H groups in total. The van der Waals surface area contributed by atoms with Crippen molar-refractivity contribution in [1.82, 2.24) is 33.5 Å². The van der Waals surface area contributed by atoms with Gasteiger partial charge in [-0.25, -0.2) is 19.4 Å². The maximum Gasteiger partial charge on any atom is 0.240 e. The Balaban J connectivity index is 1.18. The number of nitrogens with one attached hydrogen (secondary N) is 1. The Morgan fingerprint density at radius 1 is 0.745 bits per heavy atom. The number of hydrogen-bond acceptors (Lipinski definition) is 11. The summed E-state index contributed by atoms with van der Waals surface area (Å²) in [6.07, 6.45) is 7.22. The molecule has 8 aromatic rings. The van der Waals surface area contributed by atoms with Gasteiger partial charge in [0.1, 0.15) is 23.8 Å². The molecule has 0 bridgehead atoms. The summed E-state index contributed by atoms with van der Waals surface area (Å²) in [5.41, 5.74) is 33.8. The Hall–Kier alpha value is -6.83. The van der Waals surface area contributed by atoms with Gasteiger partial charge in [0.15, 0.2) is 0 Å². The smallest absolute Gasteiger partial charge is 0.240 e. The molecule has 0 amide bonds. The zero-order valence-electron chi connectivity index (χ0n) is 24.7. The molecule has 0 aliphatic carbocycles. The average molecular weight is 619 g/mol. The minimum absolute atomic E-state index is 0.317. The van der Waals surface area contributed by atoms with Gasteiger partial charge in [0.2, 0.25) is 11.6 Å². The number of benzene rings is 2. The first-order valence-corrected chi connectivity index (χ1v) is 15.0. The summed E-state index contributed by atoms with van der Waals surface area (Å²) in [5, 5.41) is 5.36. The van der Waals surface area contributed by atoms with Gasteiger partial charge in [0.05, 0.1) is 57.9 Å². The first-order valence-electron chi connectivity index (χ1n) is 15.0. The fourth-order valence-electron chi connectivity index (χ4n) is 7.17. The van der Waals surface area contributed by atoms with E-state index >= 15 is 0 Å². The molecule has 0 spiro atoms. The molecule has 0 saturated heterocycles. The largest absolute Gasteiger partial charge is 0.398 e. The van der Waals surface area contributed by atoms with Crippen LogP contribution < -0.4 is 33.2 Å². The van der Waals surface area contributed by atoms with E-state index in [9.17, 15) is 0 Å². The number of aliphatic imine (C=N–C) groups is 1. The van der Waals surface area contributed by atoms with Crippen molar-refractivity contribution in [3.63, 3.8) is 0 Å². The van der Waals surface area contributed by atoms with Crippen molar-refractivity contribution in [2.75, 3.05) is 39.8 Å². The third kappa shape index (κ3) is 3.29. The highest BCUT2D eigenvalue weighted by Crippen LogP contribution is 2.49. The molecule has 2 aliphatic rings. The predicted molar refractivity (Wildman–Crippen MR) is 185 cm³/mol. The quantitative estimate of drug-likeness (QED) is 0.175. The van der Waals surface area contributed by atoms with E-state index < -0.39 is 0 Å². The Bertz CT molecular complexity index is 2610. The number of nitrogens with zero attached hydrogens (tertiary/aromatic N) is 9. The molecule has 14 heteroatoms. The minimum atomic E-state index is -0.317. The maximum absolute atomic E-state index is 6.64. The van der Waals surface area contributed by atoms with Crippen molar-refractivity contribution in [1.29, 1.82) is 0 Å². The molecule has 0 saturated carbocycles. The molecule has 0 fully saturated rings. The van der Waals surface area contributed by atoms with Crippen LogP contribution >= 0.6 is 0 Å². The zero-order valence-corrected chi connectivity index (χ0v) is 24.7. The van der Waals surface area contributed by atoms with Crippen LogP contribution in [0.2, 0.25) is 0 Å². The first kappa shape index (κ1) is 25.5. The van der Waals surface area contributed by atoms with Crippen LogP contribution in [0.1, 0.15) is 17.2 Å². The fraction of sp³-hybridized carbons (Fsp3) is 0.0606. The SMILES string of the molecule is Nc1ccc(-n2cccc2N)c2c1C(c1nc3ncnc4nc(N5CNc6c(-n7cccc7N)ccc(N)c65)c5ccc1c5n34)C=N2. The number of hydrogen-bond donors (Lipinski definition) is 5. The lowest BCUT2D eigenvalue weighted by Crippen LogP contribution is -2.20. The summed E-state index contributed by atoms with van der Waals surface area (Å²) in [4.78, 5) is 26.2. The normalized spacial score (nSPS) is 15.3. The van der Waals surface area contributed by atoms with E-state index in [4.69, 9.17) is 37.9 Å². The number of nitrogen functional groups attached to an aromatic ring is 4. The van der Waals surface area contributed by atoms with Gasteiger partial charge < -0.3 is 42.3 Å². The van der Waals surface area contributed by atoms with Gasteiger partial charge in [-0.3, -0.25) is 4.99 Å². The Morgan fingerprint density at radius 3 is 2.21 bits per heavy atom. The van der Waals surface area contributed by atoms with Crippen molar-refractivity contribution in [3.05, 3.63) is 90.6 Å². The number of fused-ring (bicyclic) bond motifs is 2. The molecule has 10 rings (SSSR count). The van der Waals surface area contributed by atoms with Crippen molar-refractivity contribution < 1.29 is 0 Å². The lowest BCUT2D eigenvalue weighted by Gasteiger charge is -2.22. The highest BCUT2D eigenvalue weighted by Gasteiger charge is 2.33. The van der Waals surface area contributed by atoms with Crippen molar-refractivity contribution in [2.24, 2.45) is 4.99 Å². The molecule has 5 aromatic heterocycles. The second-order valence-electron chi connectivity index (χ2n) is 11.7. The third-order valence-electron chi connectivity index (χ3n) is 9.23. The van der Waals surface area contributed by atoms with Crippen LogP contribution in [-0.2, 0) is 0 Å². The molecule has 47 heavy (non-hydrogen) atoms. The third-order valence-corrected chi connectivity index (χ3v) is 9.23. The van der Waals surface area contributed by atoms with Crippen LogP contribution in [-0.4, -0.2) is 46.4 Å². The van der Waals surface area contributed by atoms with Gasteiger partial charge in [-0.1, -0.05) is 6.07 Å². The van der Waals surface area contributed by atoms with Gasteiger partial charge in [-0.2, -0.15) is 4.98 Å². The first-order chi connectivity index (χ1) is 23.0. The maximum atomic E-state index is 6.64. The second kappa shape index (κ2) is 8.88. The van der Waals surface area contributed by atoms with Crippen molar-refractivity contribution in [2.45, 2.75) is 5.92 Å². The molecule has 2 aliphatic heterocycles. The van der Waals surface area contributed by atoms with E-state index in [-0.39, 0.29) is 5.92 Å². The van der Waals surface area contributed by atoms with Crippen molar-refractivity contribution >= 4 is 79.9 Å². The van der Waals surface area contributed by atoms with Crippen LogP contribution in [0.25, 0.3) is 39.2 Å². The van der Waals surface area contributed by atoms with Gasteiger partial charge in [-0.15, -0.1) is 0 Å². The summed E-state index contributed by atoms with van der Waals surface area (Å²) in [5.74, 6) is 2.57. The van der Waals surface area contributed by atoms with E-state index in [1.165, 1.54) is 6.33 Å². The summed E-state index contributed by atoms with van der Waals surface area (Å²) < 4.78 is 5.73. The van der Waals surface area contributed by atoms with E-state index in [0.717, 1.165) is 56.0 Å². The lowest BCUT2D eigenvalue weighted by atomic mass is 9.93. The van der Waals surface area contributed by atoms with E-state index in [2.05, 4.69) is 32.3 Å².